The Hall–Kier alpha value is -3.82. The van der Waals surface area contributed by atoms with Crippen LogP contribution in [0.15, 0.2) is 78.9 Å². The molecule has 0 bridgehead atoms. The molecule has 1 fully saturated rings. The highest BCUT2D eigenvalue weighted by atomic mass is 32.1. The summed E-state index contributed by atoms with van der Waals surface area (Å²) in [4.78, 5) is 9.71. The molecular formula is C27H27N7OS. The Morgan fingerprint density at radius 1 is 0.889 bits per heavy atom. The number of hydrogen-bond acceptors (Lipinski definition) is 8. The van der Waals surface area contributed by atoms with E-state index in [9.17, 15) is 0 Å². The SMILES string of the molecule is COc1ccccc1[C@@H](c1nnnn1Cc1ccccc1)N1CCN(c2nc3ccccc3s2)CC1. The summed E-state index contributed by atoms with van der Waals surface area (Å²) >= 11 is 1.76. The first kappa shape index (κ1) is 22.6. The number of ether oxygens (including phenoxy) is 1. The highest BCUT2D eigenvalue weighted by molar-refractivity contribution is 7.22. The number of methoxy groups -OCH3 is 1. The second kappa shape index (κ2) is 10.0. The van der Waals surface area contributed by atoms with E-state index in [1.165, 1.54) is 4.70 Å². The van der Waals surface area contributed by atoms with Crippen molar-refractivity contribution in [1.29, 1.82) is 0 Å². The molecule has 9 heteroatoms. The van der Waals surface area contributed by atoms with E-state index in [4.69, 9.17) is 9.72 Å². The van der Waals surface area contributed by atoms with Gasteiger partial charge in [0, 0.05) is 31.7 Å². The number of tetrazole rings is 1. The summed E-state index contributed by atoms with van der Waals surface area (Å²) in [6.07, 6.45) is 0. The third kappa shape index (κ3) is 4.43. The van der Waals surface area contributed by atoms with Crippen molar-refractivity contribution in [3.8, 4) is 5.75 Å². The molecule has 0 unspecified atom stereocenters. The van der Waals surface area contributed by atoms with Crippen molar-refractivity contribution in [2.24, 2.45) is 0 Å². The van der Waals surface area contributed by atoms with E-state index in [1.54, 1.807) is 18.4 Å². The van der Waals surface area contributed by atoms with Crippen LogP contribution in [0.4, 0.5) is 5.13 Å². The summed E-state index contributed by atoms with van der Waals surface area (Å²) < 4.78 is 8.91. The van der Waals surface area contributed by atoms with Gasteiger partial charge in [0.2, 0.25) is 0 Å². The fraction of sp³-hybridized carbons (Fsp3) is 0.259. The lowest BCUT2D eigenvalue weighted by atomic mass is 10.0. The summed E-state index contributed by atoms with van der Waals surface area (Å²) in [5.74, 6) is 1.65. The van der Waals surface area contributed by atoms with Crippen LogP contribution >= 0.6 is 11.3 Å². The molecule has 0 radical (unpaired) electrons. The molecule has 0 amide bonds. The molecule has 2 aromatic heterocycles. The van der Waals surface area contributed by atoms with Gasteiger partial charge in [-0.05, 0) is 34.2 Å². The van der Waals surface area contributed by atoms with Gasteiger partial charge in [0.1, 0.15) is 11.8 Å². The second-order valence-corrected chi connectivity index (χ2v) is 9.82. The summed E-state index contributed by atoms with van der Waals surface area (Å²) in [5.41, 5.74) is 3.29. The van der Waals surface area contributed by atoms with Crippen LogP contribution in [0.1, 0.15) is 23.0 Å². The molecule has 1 atom stereocenters. The number of anilines is 1. The van der Waals surface area contributed by atoms with Gasteiger partial charge in [-0.3, -0.25) is 4.90 Å². The lowest BCUT2D eigenvalue weighted by molar-refractivity contribution is 0.198. The van der Waals surface area contributed by atoms with Gasteiger partial charge in [-0.25, -0.2) is 9.67 Å². The Morgan fingerprint density at radius 3 is 2.44 bits per heavy atom. The molecule has 0 spiro atoms. The van der Waals surface area contributed by atoms with Crippen molar-refractivity contribution in [3.05, 3.63) is 95.8 Å². The molecule has 5 aromatic rings. The molecule has 3 aromatic carbocycles. The number of piperazine rings is 1. The van der Waals surface area contributed by atoms with Crippen molar-refractivity contribution < 1.29 is 4.74 Å². The molecule has 0 N–H and O–H groups in total. The monoisotopic (exact) mass is 497 g/mol. The van der Waals surface area contributed by atoms with E-state index < -0.39 is 0 Å². The predicted molar refractivity (Wildman–Crippen MR) is 142 cm³/mol. The zero-order valence-electron chi connectivity index (χ0n) is 20.1. The van der Waals surface area contributed by atoms with E-state index in [2.05, 4.69) is 61.7 Å². The zero-order chi connectivity index (χ0) is 24.3. The maximum absolute atomic E-state index is 5.77. The quantitative estimate of drug-likeness (QED) is 0.333. The van der Waals surface area contributed by atoms with Crippen LogP contribution in [-0.2, 0) is 6.54 Å². The molecule has 6 rings (SSSR count). The molecular weight excluding hydrogens is 470 g/mol. The van der Waals surface area contributed by atoms with Crippen LogP contribution in [0.5, 0.6) is 5.75 Å². The Balaban J connectivity index is 1.30. The normalized spacial score (nSPS) is 15.3. The molecule has 0 aliphatic carbocycles. The van der Waals surface area contributed by atoms with E-state index in [0.717, 1.165) is 59.5 Å². The first-order valence-electron chi connectivity index (χ1n) is 12.1. The lowest BCUT2D eigenvalue weighted by Crippen LogP contribution is -2.48. The standard InChI is InChI=1S/C27H27N7OS/c1-35-23-13-7-5-11-21(23)25(26-29-30-31-34(26)19-20-9-3-2-4-10-20)32-15-17-33(18-16-32)27-28-22-12-6-8-14-24(22)36-27/h2-14,25H,15-19H2,1H3/t25-/m0/s1. The highest BCUT2D eigenvalue weighted by Gasteiger charge is 2.33. The van der Waals surface area contributed by atoms with Crippen molar-refractivity contribution in [2.45, 2.75) is 12.6 Å². The predicted octanol–water partition coefficient (Wildman–Crippen LogP) is 4.25. The Labute approximate surface area is 213 Å². The van der Waals surface area contributed by atoms with Crippen LogP contribution in [0.3, 0.4) is 0 Å². The van der Waals surface area contributed by atoms with Crippen LogP contribution in [0.25, 0.3) is 10.2 Å². The number of fused-ring (bicyclic) bond motifs is 1. The van der Waals surface area contributed by atoms with E-state index >= 15 is 0 Å². The van der Waals surface area contributed by atoms with Crippen molar-refractivity contribution >= 4 is 26.7 Å². The Bertz CT molecular complexity index is 1410. The Kier molecular flexibility index (Phi) is 6.31. The molecule has 1 aliphatic rings. The smallest absolute Gasteiger partial charge is 0.186 e. The third-order valence-corrected chi connectivity index (χ3v) is 7.74. The molecule has 1 aliphatic heterocycles. The number of nitrogens with zero attached hydrogens (tertiary/aromatic N) is 7. The van der Waals surface area contributed by atoms with Crippen molar-refractivity contribution in [2.75, 3.05) is 38.2 Å². The fourth-order valence-corrected chi connectivity index (χ4v) is 5.85. The van der Waals surface area contributed by atoms with Gasteiger partial charge >= 0.3 is 0 Å². The first-order valence-corrected chi connectivity index (χ1v) is 12.9. The number of para-hydroxylation sites is 2. The van der Waals surface area contributed by atoms with Gasteiger partial charge in [0.15, 0.2) is 11.0 Å². The van der Waals surface area contributed by atoms with E-state index in [-0.39, 0.29) is 6.04 Å². The second-order valence-electron chi connectivity index (χ2n) is 8.81. The van der Waals surface area contributed by atoms with E-state index in [1.807, 2.05) is 47.1 Å². The third-order valence-electron chi connectivity index (χ3n) is 6.65. The lowest BCUT2D eigenvalue weighted by Gasteiger charge is -2.39. The van der Waals surface area contributed by atoms with Gasteiger partial charge in [-0.2, -0.15) is 0 Å². The maximum Gasteiger partial charge on any atom is 0.186 e. The summed E-state index contributed by atoms with van der Waals surface area (Å²) in [6.45, 7) is 4.09. The zero-order valence-corrected chi connectivity index (χ0v) is 20.9. The summed E-state index contributed by atoms with van der Waals surface area (Å²) in [7, 11) is 1.72. The number of aromatic nitrogens is 5. The fourth-order valence-electron chi connectivity index (χ4n) is 4.83. The minimum absolute atomic E-state index is 0.127. The van der Waals surface area contributed by atoms with Crippen LogP contribution < -0.4 is 9.64 Å². The average molecular weight is 498 g/mol. The molecule has 182 valence electrons. The van der Waals surface area contributed by atoms with Gasteiger partial charge in [0.25, 0.3) is 0 Å². The van der Waals surface area contributed by atoms with Gasteiger partial charge in [-0.15, -0.1) is 5.10 Å². The highest BCUT2D eigenvalue weighted by Crippen LogP contribution is 2.35. The largest absolute Gasteiger partial charge is 0.496 e. The van der Waals surface area contributed by atoms with Gasteiger partial charge in [0.05, 0.1) is 23.9 Å². The molecule has 36 heavy (non-hydrogen) atoms. The van der Waals surface area contributed by atoms with Gasteiger partial charge < -0.3 is 9.64 Å². The number of benzene rings is 3. The van der Waals surface area contributed by atoms with Crippen LogP contribution in [0.2, 0.25) is 0 Å². The van der Waals surface area contributed by atoms with Gasteiger partial charge in [-0.1, -0.05) is 72.0 Å². The van der Waals surface area contributed by atoms with Crippen molar-refractivity contribution in [1.82, 2.24) is 30.1 Å². The Morgan fingerprint density at radius 2 is 1.64 bits per heavy atom. The molecule has 0 saturated carbocycles. The summed E-state index contributed by atoms with van der Waals surface area (Å²) in [6, 6.07) is 26.7. The van der Waals surface area contributed by atoms with E-state index in [0.29, 0.717) is 6.54 Å². The maximum atomic E-state index is 5.77. The van der Waals surface area contributed by atoms with Crippen LogP contribution in [0, 0.1) is 0 Å². The minimum Gasteiger partial charge on any atom is -0.496 e. The topological polar surface area (TPSA) is 72.2 Å². The molecule has 1 saturated heterocycles. The molecule has 8 nitrogen and oxygen atoms in total. The molecule has 3 heterocycles. The number of thiazole rings is 1. The summed E-state index contributed by atoms with van der Waals surface area (Å²) in [5, 5.41) is 14.1. The first-order chi connectivity index (χ1) is 17.8. The van der Waals surface area contributed by atoms with Crippen LogP contribution in [-0.4, -0.2) is 63.4 Å². The average Bonchev–Trinajstić information content (AvgIpc) is 3.57. The minimum atomic E-state index is -0.127. The van der Waals surface area contributed by atoms with Crippen molar-refractivity contribution in [3.63, 3.8) is 0 Å². The number of hydrogen-bond donors (Lipinski definition) is 0. The number of rotatable bonds is 7.